The van der Waals surface area contributed by atoms with E-state index in [0.717, 1.165) is 26.5 Å². The first kappa shape index (κ1) is 18.0. The first-order valence-corrected chi connectivity index (χ1v) is 9.82. The number of nitrogens with zero attached hydrogens (tertiary/aromatic N) is 2. The van der Waals surface area contributed by atoms with Gasteiger partial charge >= 0.3 is 11.2 Å². The zero-order chi connectivity index (χ0) is 19.3. The molecule has 1 aliphatic rings. The molecule has 7 heteroatoms. The van der Waals surface area contributed by atoms with Crippen molar-refractivity contribution in [3.05, 3.63) is 55.2 Å². The van der Waals surface area contributed by atoms with Crippen molar-refractivity contribution < 1.29 is 0 Å². The van der Waals surface area contributed by atoms with Gasteiger partial charge in [-0.1, -0.05) is 41.4 Å². The molecule has 3 aromatic rings. The molecule has 6 nitrogen and oxygen atoms in total. The van der Waals surface area contributed by atoms with Crippen molar-refractivity contribution in [1.29, 1.82) is 0 Å². The van der Waals surface area contributed by atoms with E-state index in [2.05, 4.69) is 57.8 Å². The topological polar surface area (TPSA) is 83.0 Å². The van der Waals surface area contributed by atoms with Gasteiger partial charge in [0.15, 0.2) is 0 Å². The zero-order valence-corrected chi connectivity index (χ0v) is 17.0. The molecule has 0 amide bonds. The van der Waals surface area contributed by atoms with Crippen LogP contribution in [0.1, 0.15) is 27.2 Å². The molecular weight excluding hydrogens is 408 g/mol. The summed E-state index contributed by atoms with van der Waals surface area (Å²) in [5.74, 6) is 0.925. The summed E-state index contributed by atoms with van der Waals surface area (Å²) in [4.78, 5) is 31.3. The maximum atomic E-state index is 12.9. The summed E-state index contributed by atoms with van der Waals surface area (Å²) in [6.07, 6.45) is 4.99. The second-order valence-electron chi connectivity index (χ2n) is 7.51. The fraction of sp³-hybridized carbons (Fsp3) is 0.350. The molecular formula is C20H21BrN4O2. The Balaban J connectivity index is 1.82. The lowest BCUT2D eigenvalue weighted by atomic mass is 9.76. The molecule has 0 unspecified atom stereocenters. The van der Waals surface area contributed by atoms with Crippen molar-refractivity contribution in [2.45, 2.75) is 27.2 Å². The molecule has 2 heterocycles. The van der Waals surface area contributed by atoms with Crippen LogP contribution in [0.3, 0.4) is 0 Å². The van der Waals surface area contributed by atoms with Gasteiger partial charge in [0.1, 0.15) is 5.52 Å². The van der Waals surface area contributed by atoms with Gasteiger partial charge in [-0.2, -0.15) is 5.10 Å². The lowest BCUT2D eigenvalue weighted by molar-refractivity contribution is 0.361. The monoisotopic (exact) mass is 428 g/mol. The largest absolute Gasteiger partial charge is 0.350 e. The summed E-state index contributed by atoms with van der Waals surface area (Å²) < 4.78 is 1.79. The van der Waals surface area contributed by atoms with Crippen LogP contribution in [0.4, 0.5) is 0 Å². The van der Waals surface area contributed by atoms with Gasteiger partial charge in [-0.05, 0) is 43.4 Å². The quantitative estimate of drug-likeness (QED) is 0.477. The second-order valence-corrected chi connectivity index (χ2v) is 8.42. The number of benzene rings is 1. The van der Waals surface area contributed by atoms with Crippen LogP contribution >= 0.6 is 15.9 Å². The molecule has 2 aromatic heterocycles. The molecule has 0 aliphatic heterocycles. The van der Waals surface area contributed by atoms with E-state index in [4.69, 9.17) is 0 Å². The highest BCUT2D eigenvalue weighted by molar-refractivity contribution is 9.10. The summed E-state index contributed by atoms with van der Waals surface area (Å²) in [7, 11) is 0. The van der Waals surface area contributed by atoms with E-state index in [-0.39, 0.29) is 5.92 Å². The molecule has 27 heavy (non-hydrogen) atoms. The number of hydrogen-bond acceptors (Lipinski definition) is 3. The van der Waals surface area contributed by atoms with Gasteiger partial charge in [-0.25, -0.2) is 4.79 Å². The van der Waals surface area contributed by atoms with Crippen molar-refractivity contribution in [1.82, 2.24) is 14.6 Å². The second kappa shape index (κ2) is 6.64. The Morgan fingerprint density at radius 1 is 1.22 bits per heavy atom. The molecule has 1 aliphatic carbocycles. The van der Waals surface area contributed by atoms with Crippen LogP contribution in [0, 0.1) is 17.8 Å². The van der Waals surface area contributed by atoms with E-state index in [1.165, 1.54) is 5.57 Å². The molecule has 3 atom stereocenters. The highest BCUT2D eigenvalue weighted by Gasteiger charge is 2.25. The van der Waals surface area contributed by atoms with E-state index in [9.17, 15) is 9.59 Å². The third-order valence-electron chi connectivity index (χ3n) is 5.40. The fourth-order valence-corrected chi connectivity index (χ4v) is 4.49. The Morgan fingerprint density at radius 3 is 2.74 bits per heavy atom. The standard InChI is InChI=1S/C20H21BrN4O2/c1-10-6-11(2)15(12(3)7-10)9-22-25-19(26)18-17(24-20(25)27)14-8-13(21)4-5-16(14)23-18/h4-6,8-9,11-12,15,23H,7H2,1-3H3,(H,24,27)/b22-9-/t11-,12-,15+/m0/s1. The third-order valence-corrected chi connectivity index (χ3v) is 5.89. The minimum atomic E-state index is -0.535. The van der Waals surface area contributed by atoms with E-state index in [1.807, 2.05) is 18.2 Å². The summed E-state index contributed by atoms with van der Waals surface area (Å²) in [6.45, 7) is 6.45. The number of rotatable bonds is 2. The SMILES string of the molecule is CC1=C[C@H](C)[C@@H](/C=N\n2c(=O)[nH]c3c([nH]c4ccc(Br)cc43)c2=O)[C@@H](C)C1. The van der Waals surface area contributed by atoms with Gasteiger partial charge < -0.3 is 9.97 Å². The van der Waals surface area contributed by atoms with Gasteiger partial charge in [0, 0.05) is 27.5 Å². The van der Waals surface area contributed by atoms with Crippen molar-refractivity contribution in [2.24, 2.45) is 22.9 Å². The summed E-state index contributed by atoms with van der Waals surface area (Å²) >= 11 is 3.42. The summed E-state index contributed by atoms with van der Waals surface area (Å²) in [5.41, 5.74) is 2.04. The Morgan fingerprint density at radius 2 is 2.00 bits per heavy atom. The summed E-state index contributed by atoms with van der Waals surface area (Å²) in [6, 6.07) is 5.62. The van der Waals surface area contributed by atoms with Gasteiger partial charge in [0.2, 0.25) is 0 Å². The Bertz CT molecular complexity index is 1210. The number of allylic oxidation sites excluding steroid dienone is 2. The lowest BCUT2D eigenvalue weighted by Crippen LogP contribution is -2.33. The van der Waals surface area contributed by atoms with Gasteiger partial charge in [0.25, 0.3) is 0 Å². The molecule has 0 spiro atoms. The lowest BCUT2D eigenvalue weighted by Gasteiger charge is -2.29. The smallest absolute Gasteiger partial charge is 0.349 e. The molecule has 0 bridgehead atoms. The Kier molecular flexibility index (Phi) is 4.42. The van der Waals surface area contributed by atoms with Crippen LogP contribution in [0.25, 0.3) is 21.9 Å². The van der Waals surface area contributed by atoms with Crippen molar-refractivity contribution >= 4 is 44.1 Å². The molecule has 4 rings (SSSR count). The Hall–Kier alpha value is -2.41. The maximum absolute atomic E-state index is 12.9. The number of hydrogen-bond donors (Lipinski definition) is 2. The minimum Gasteiger partial charge on any atom is -0.349 e. The number of halogens is 1. The van der Waals surface area contributed by atoms with E-state index in [0.29, 0.717) is 22.9 Å². The normalized spacial score (nSPS) is 23.4. The zero-order valence-electron chi connectivity index (χ0n) is 15.4. The van der Waals surface area contributed by atoms with Crippen molar-refractivity contribution in [2.75, 3.05) is 0 Å². The highest BCUT2D eigenvalue weighted by atomic mass is 79.9. The van der Waals surface area contributed by atoms with Gasteiger partial charge in [-0.15, -0.1) is 4.68 Å². The third kappa shape index (κ3) is 3.10. The van der Waals surface area contributed by atoms with Crippen molar-refractivity contribution in [3.63, 3.8) is 0 Å². The molecule has 140 valence electrons. The van der Waals surface area contributed by atoms with Crippen LogP contribution < -0.4 is 11.2 Å². The first-order chi connectivity index (χ1) is 12.8. The van der Waals surface area contributed by atoms with Crippen LogP contribution in [-0.4, -0.2) is 20.9 Å². The van der Waals surface area contributed by atoms with Crippen molar-refractivity contribution in [3.8, 4) is 0 Å². The number of nitrogens with one attached hydrogen (secondary N) is 2. The maximum Gasteiger partial charge on any atom is 0.350 e. The minimum absolute atomic E-state index is 0.189. The molecule has 0 saturated heterocycles. The van der Waals surface area contributed by atoms with Gasteiger partial charge in [-0.3, -0.25) is 4.79 Å². The summed E-state index contributed by atoms with van der Waals surface area (Å²) in [5, 5.41) is 5.06. The molecule has 0 radical (unpaired) electrons. The fourth-order valence-electron chi connectivity index (χ4n) is 4.13. The predicted molar refractivity (Wildman–Crippen MR) is 112 cm³/mol. The number of H-pyrrole nitrogens is 2. The molecule has 0 saturated carbocycles. The van der Waals surface area contributed by atoms with E-state index >= 15 is 0 Å². The highest BCUT2D eigenvalue weighted by Crippen LogP contribution is 2.32. The number of fused-ring (bicyclic) bond motifs is 3. The predicted octanol–water partition coefficient (Wildman–Crippen LogP) is 4.01. The van der Waals surface area contributed by atoms with E-state index < -0.39 is 11.2 Å². The Labute approximate surface area is 164 Å². The first-order valence-electron chi connectivity index (χ1n) is 9.03. The van der Waals surface area contributed by atoms with Crippen LogP contribution in [0.15, 0.2) is 49.0 Å². The van der Waals surface area contributed by atoms with E-state index in [1.54, 1.807) is 6.21 Å². The average molecular weight is 429 g/mol. The van der Waals surface area contributed by atoms with Crippen LogP contribution in [0.2, 0.25) is 0 Å². The van der Waals surface area contributed by atoms with Gasteiger partial charge in [0.05, 0.1) is 5.52 Å². The number of aromatic amines is 2. The average Bonchev–Trinajstić information content (AvgIpc) is 2.94. The van der Waals surface area contributed by atoms with Crippen LogP contribution in [-0.2, 0) is 0 Å². The molecule has 1 aromatic carbocycles. The molecule has 2 N–H and O–H groups in total. The molecule has 0 fully saturated rings. The number of aromatic nitrogens is 3. The van der Waals surface area contributed by atoms with Crippen LogP contribution in [0.5, 0.6) is 0 Å².